The van der Waals surface area contributed by atoms with Crippen LogP contribution < -0.4 is 5.32 Å². The fourth-order valence-electron chi connectivity index (χ4n) is 1.82. The second-order valence-electron chi connectivity index (χ2n) is 4.69. The fourth-order valence-corrected chi connectivity index (χ4v) is 1.82. The first kappa shape index (κ1) is 11.0. The van der Waals surface area contributed by atoms with Gasteiger partial charge in [-0.05, 0) is 43.9 Å². The second kappa shape index (κ2) is 3.81. The highest BCUT2D eigenvalue weighted by atomic mass is 16.4. The number of hydrogen-bond donors (Lipinski definition) is 2. The van der Waals surface area contributed by atoms with Gasteiger partial charge in [0.2, 0.25) is 0 Å². The highest BCUT2D eigenvalue weighted by Gasteiger charge is 2.50. The lowest BCUT2D eigenvalue weighted by Gasteiger charge is -2.15. The Morgan fingerprint density at radius 3 is 2.69 bits per heavy atom. The van der Waals surface area contributed by atoms with Crippen molar-refractivity contribution in [2.75, 3.05) is 11.9 Å². The number of carboxylic acid groups (broad SMARTS) is 1. The Morgan fingerprint density at radius 2 is 2.12 bits per heavy atom. The van der Waals surface area contributed by atoms with Gasteiger partial charge in [0, 0.05) is 12.2 Å². The molecule has 3 heteroatoms. The number of carbonyl (C=O) groups is 1. The molecule has 0 spiro atoms. The number of benzene rings is 1. The topological polar surface area (TPSA) is 49.3 Å². The molecule has 0 heterocycles. The Bertz CT molecular complexity index is 422. The third-order valence-corrected chi connectivity index (χ3v) is 3.53. The van der Waals surface area contributed by atoms with E-state index in [1.54, 1.807) is 0 Å². The normalized spacial score (nSPS) is 16.9. The molecule has 0 bridgehead atoms. The van der Waals surface area contributed by atoms with Crippen LogP contribution in [0.15, 0.2) is 18.2 Å². The summed E-state index contributed by atoms with van der Waals surface area (Å²) in [6.07, 6.45) is 1.58. The van der Waals surface area contributed by atoms with Crippen LogP contribution in [-0.4, -0.2) is 17.6 Å². The number of nitrogens with one attached hydrogen (secondary N) is 1. The minimum atomic E-state index is -0.676. The van der Waals surface area contributed by atoms with Gasteiger partial charge in [-0.3, -0.25) is 4.79 Å². The monoisotopic (exact) mass is 219 g/mol. The molecule has 2 N–H and O–H groups in total. The van der Waals surface area contributed by atoms with Crippen LogP contribution in [0.2, 0.25) is 0 Å². The Labute approximate surface area is 95.5 Å². The van der Waals surface area contributed by atoms with Gasteiger partial charge < -0.3 is 10.4 Å². The van der Waals surface area contributed by atoms with Crippen molar-refractivity contribution in [2.24, 2.45) is 5.41 Å². The molecule has 0 unspecified atom stereocenters. The van der Waals surface area contributed by atoms with E-state index in [2.05, 4.69) is 25.2 Å². The fraction of sp³-hybridized carbons (Fsp3) is 0.462. The van der Waals surface area contributed by atoms with Crippen LogP contribution in [0, 0.1) is 19.3 Å². The Kier molecular flexibility index (Phi) is 2.62. The highest BCUT2D eigenvalue weighted by molar-refractivity contribution is 5.78. The van der Waals surface area contributed by atoms with Crippen molar-refractivity contribution in [1.82, 2.24) is 0 Å². The Balaban J connectivity index is 2.06. The Morgan fingerprint density at radius 1 is 1.44 bits per heavy atom. The molecule has 3 nitrogen and oxygen atoms in total. The number of aliphatic carboxylic acids is 1. The molecular formula is C13H17NO2. The first-order valence-corrected chi connectivity index (χ1v) is 5.59. The van der Waals surface area contributed by atoms with Gasteiger partial charge in [0.25, 0.3) is 0 Å². The second-order valence-corrected chi connectivity index (χ2v) is 4.69. The van der Waals surface area contributed by atoms with Crippen molar-refractivity contribution in [3.8, 4) is 0 Å². The van der Waals surface area contributed by atoms with Crippen molar-refractivity contribution in [2.45, 2.75) is 26.7 Å². The van der Waals surface area contributed by atoms with Crippen molar-refractivity contribution in [3.05, 3.63) is 29.3 Å². The van der Waals surface area contributed by atoms with Crippen LogP contribution in [0.3, 0.4) is 0 Å². The molecule has 0 aliphatic heterocycles. The van der Waals surface area contributed by atoms with E-state index in [1.807, 2.05) is 12.1 Å². The van der Waals surface area contributed by atoms with E-state index < -0.39 is 11.4 Å². The van der Waals surface area contributed by atoms with E-state index in [0.717, 1.165) is 18.5 Å². The lowest BCUT2D eigenvalue weighted by Crippen LogP contribution is -2.24. The predicted octanol–water partition coefficient (Wildman–Crippen LogP) is 2.58. The first-order chi connectivity index (χ1) is 7.55. The molecule has 1 saturated carbocycles. The minimum Gasteiger partial charge on any atom is -0.481 e. The summed E-state index contributed by atoms with van der Waals surface area (Å²) in [7, 11) is 0. The SMILES string of the molecule is Cc1cccc(NCC2(C(=O)O)CC2)c1C. The standard InChI is InChI=1S/C13H17NO2/c1-9-4-3-5-11(10(9)2)14-8-13(6-7-13)12(15)16/h3-5,14H,6-8H2,1-2H3,(H,15,16). The molecule has 16 heavy (non-hydrogen) atoms. The summed E-state index contributed by atoms with van der Waals surface area (Å²) in [5.41, 5.74) is 2.97. The lowest BCUT2D eigenvalue weighted by atomic mass is 10.1. The van der Waals surface area contributed by atoms with E-state index in [0.29, 0.717) is 6.54 Å². The molecule has 0 aromatic heterocycles. The van der Waals surface area contributed by atoms with Crippen molar-refractivity contribution in [3.63, 3.8) is 0 Å². The van der Waals surface area contributed by atoms with Gasteiger partial charge in [-0.25, -0.2) is 0 Å². The molecule has 0 saturated heterocycles. The summed E-state index contributed by atoms with van der Waals surface area (Å²) in [6, 6.07) is 6.05. The van der Waals surface area contributed by atoms with Gasteiger partial charge in [-0.15, -0.1) is 0 Å². The van der Waals surface area contributed by atoms with Crippen LogP contribution >= 0.6 is 0 Å². The number of carboxylic acids is 1. The summed E-state index contributed by atoms with van der Waals surface area (Å²) < 4.78 is 0. The van der Waals surface area contributed by atoms with Gasteiger partial charge >= 0.3 is 5.97 Å². The average Bonchev–Trinajstić information content (AvgIpc) is 3.01. The van der Waals surface area contributed by atoms with Gasteiger partial charge in [-0.1, -0.05) is 12.1 Å². The molecule has 1 aliphatic carbocycles. The third kappa shape index (κ3) is 1.90. The van der Waals surface area contributed by atoms with Crippen LogP contribution in [0.25, 0.3) is 0 Å². The molecule has 1 aromatic rings. The Hall–Kier alpha value is -1.51. The smallest absolute Gasteiger partial charge is 0.311 e. The van der Waals surface area contributed by atoms with Gasteiger partial charge in [0.15, 0.2) is 0 Å². The quantitative estimate of drug-likeness (QED) is 0.818. The maximum Gasteiger partial charge on any atom is 0.311 e. The molecule has 0 radical (unpaired) electrons. The zero-order valence-corrected chi connectivity index (χ0v) is 9.71. The lowest BCUT2D eigenvalue weighted by molar-refractivity contribution is -0.142. The largest absolute Gasteiger partial charge is 0.481 e. The third-order valence-electron chi connectivity index (χ3n) is 3.53. The van der Waals surface area contributed by atoms with E-state index >= 15 is 0 Å². The minimum absolute atomic E-state index is 0.504. The van der Waals surface area contributed by atoms with E-state index in [9.17, 15) is 4.79 Å². The van der Waals surface area contributed by atoms with Crippen molar-refractivity contribution < 1.29 is 9.90 Å². The van der Waals surface area contributed by atoms with E-state index in [-0.39, 0.29) is 0 Å². The van der Waals surface area contributed by atoms with E-state index in [1.165, 1.54) is 11.1 Å². The maximum atomic E-state index is 11.0. The van der Waals surface area contributed by atoms with Crippen molar-refractivity contribution >= 4 is 11.7 Å². The van der Waals surface area contributed by atoms with Gasteiger partial charge in [-0.2, -0.15) is 0 Å². The molecular weight excluding hydrogens is 202 g/mol. The van der Waals surface area contributed by atoms with Crippen molar-refractivity contribution in [1.29, 1.82) is 0 Å². The van der Waals surface area contributed by atoms with Crippen LogP contribution in [0.5, 0.6) is 0 Å². The van der Waals surface area contributed by atoms with Crippen LogP contribution in [0.4, 0.5) is 5.69 Å². The molecule has 0 amide bonds. The number of rotatable bonds is 4. The average molecular weight is 219 g/mol. The summed E-state index contributed by atoms with van der Waals surface area (Å²) in [6.45, 7) is 4.65. The molecule has 2 rings (SSSR count). The summed E-state index contributed by atoms with van der Waals surface area (Å²) in [4.78, 5) is 11.0. The van der Waals surface area contributed by atoms with Gasteiger partial charge in [0.1, 0.15) is 0 Å². The van der Waals surface area contributed by atoms with Crippen LogP contribution in [-0.2, 0) is 4.79 Å². The van der Waals surface area contributed by atoms with Gasteiger partial charge in [0.05, 0.1) is 5.41 Å². The molecule has 1 aliphatic rings. The first-order valence-electron chi connectivity index (χ1n) is 5.59. The molecule has 0 atom stereocenters. The highest BCUT2D eigenvalue weighted by Crippen LogP contribution is 2.45. The number of hydrogen-bond acceptors (Lipinski definition) is 2. The molecule has 1 fully saturated rings. The summed E-state index contributed by atoms with van der Waals surface area (Å²) in [5.74, 6) is -0.676. The summed E-state index contributed by atoms with van der Waals surface area (Å²) in [5, 5.41) is 12.3. The van der Waals surface area contributed by atoms with E-state index in [4.69, 9.17) is 5.11 Å². The zero-order valence-electron chi connectivity index (χ0n) is 9.71. The zero-order chi connectivity index (χ0) is 11.8. The maximum absolute atomic E-state index is 11.0. The molecule has 86 valence electrons. The molecule has 1 aromatic carbocycles. The number of anilines is 1. The summed E-state index contributed by atoms with van der Waals surface area (Å²) >= 11 is 0. The predicted molar refractivity (Wildman–Crippen MR) is 63.7 cm³/mol. The number of aryl methyl sites for hydroxylation is 1. The van der Waals surface area contributed by atoms with Crippen LogP contribution in [0.1, 0.15) is 24.0 Å².